The highest BCUT2D eigenvalue weighted by molar-refractivity contribution is 6.31. The maximum absolute atomic E-state index is 13.2. The van der Waals surface area contributed by atoms with Gasteiger partial charge in [0.1, 0.15) is 5.82 Å². The molecule has 0 saturated carbocycles. The van der Waals surface area contributed by atoms with Gasteiger partial charge < -0.3 is 9.67 Å². The fourth-order valence-corrected chi connectivity index (χ4v) is 4.66. The molecule has 2 aromatic carbocycles. The van der Waals surface area contributed by atoms with Crippen LogP contribution in [0.3, 0.4) is 0 Å². The molecule has 3 rings (SSSR count). The molecule has 0 fully saturated rings. The summed E-state index contributed by atoms with van der Waals surface area (Å²) in [6.45, 7) is 1.80. The van der Waals surface area contributed by atoms with E-state index in [1.165, 1.54) is 12.1 Å². The molecule has 1 aromatic heterocycles. The van der Waals surface area contributed by atoms with Gasteiger partial charge in [-0.25, -0.2) is 4.39 Å². The second kappa shape index (κ2) is 11.5. The van der Waals surface area contributed by atoms with Crippen LogP contribution in [-0.4, -0.2) is 21.4 Å². The van der Waals surface area contributed by atoms with Crippen molar-refractivity contribution < 1.29 is 19.1 Å². The smallest absolute Gasteiger partial charge is 0.303 e. The SMILES string of the molecule is C[C@@H](CC(=O)O)CC(=O)c1c(CCCCCCc2ccc(F)cc2)n(C)c2ccc(Cl)cc12. The number of benzene rings is 2. The van der Waals surface area contributed by atoms with Gasteiger partial charge in [-0.3, -0.25) is 9.59 Å². The van der Waals surface area contributed by atoms with E-state index in [4.69, 9.17) is 16.7 Å². The van der Waals surface area contributed by atoms with Crippen LogP contribution in [0.25, 0.3) is 10.9 Å². The molecule has 0 unspecified atom stereocenters. The van der Waals surface area contributed by atoms with Gasteiger partial charge in [0.15, 0.2) is 5.78 Å². The average molecular weight is 472 g/mol. The zero-order valence-corrected chi connectivity index (χ0v) is 20.0. The van der Waals surface area contributed by atoms with Gasteiger partial charge in [-0.1, -0.05) is 43.5 Å². The molecule has 0 aliphatic heterocycles. The first-order chi connectivity index (χ1) is 15.8. The normalized spacial score (nSPS) is 12.2. The Balaban J connectivity index is 1.67. The minimum absolute atomic E-state index is 0.0251. The summed E-state index contributed by atoms with van der Waals surface area (Å²) in [6.07, 6.45) is 5.95. The second-order valence-corrected chi connectivity index (χ2v) is 9.35. The highest BCUT2D eigenvalue weighted by Crippen LogP contribution is 2.31. The maximum Gasteiger partial charge on any atom is 0.303 e. The molecule has 4 nitrogen and oxygen atoms in total. The molecule has 0 saturated heterocycles. The van der Waals surface area contributed by atoms with E-state index in [0.29, 0.717) is 10.6 Å². The summed E-state index contributed by atoms with van der Waals surface area (Å²) in [4.78, 5) is 24.3. The molecule has 1 heterocycles. The Bertz CT molecular complexity index is 1120. The standard InChI is InChI=1S/C27H31ClFNO3/c1-18(16-26(32)33)15-25(31)27-22-17-20(28)11-14-23(22)30(2)24(27)8-6-4-3-5-7-19-9-12-21(29)13-10-19/h9-14,17-18H,3-8,15-16H2,1-2H3,(H,32,33)/t18-/m1/s1. The van der Waals surface area contributed by atoms with Crippen LogP contribution in [0.5, 0.6) is 0 Å². The molecular formula is C27H31ClFNO3. The third kappa shape index (κ3) is 6.67. The number of hydrogen-bond donors (Lipinski definition) is 1. The Kier molecular flexibility index (Phi) is 8.67. The molecule has 176 valence electrons. The number of aryl methyl sites for hydroxylation is 2. The Morgan fingerprint density at radius 2 is 1.67 bits per heavy atom. The lowest BCUT2D eigenvalue weighted by Gasteiger charge is -2.11. The molecule has 1 atom stereocenters. The van der Waals surface area contributed by atoms with Gasteiger partial charge >= 0.3 is 5.97 Å². The minimum atomic E-state index is -0.892. The number of carbonyl (C=O) groups excluding carboxylic acids is 1. The van der Waals surface area contributed by atoms with Gasteiger partial charge in [-0.05, 0) is 67.5 Å². The number of carboxylic acid groups (broad SMARTS) is 1. The van der Waals surface area contributed by atoms with E-state index < -0.39 is 5.97 Å². The van der Waals surface area contributed by atoms with Crippen molar-refractivity contribution in [1.29, 1.82) is 0 Å². The van der Waals surface area contributed by atoms with Crippen molar-refractivity contribution in [3.8, 4) is 0 Å². The van der Waals surface area contributed by atoms with E-state index in [-0.39, 0.29) is 30.4 Å². The monoisotopic (exact) mass is 471 g/mol. The summed E-state index contributed by atoms with van der Waals surface area (Å²) in [7, 11) is 1.97. The fourth-order valence-electron chi connectivity index (χ4n) is 4.49. The minimum Gasteiger partial charge on any atom is -0.481 e. The number of ketones is 1. The van der Waals surface area contributed by atoms with Crippen molar-refractivity contribution in [2.24, 2.45) is 13.0 Å². The molecule has 0 amide bonds. The van der Waals surface area contributed by atoms with Crippen LogP contribution < -0.4 is 0 Å². The molecule has 33 heavy (non-hydrogen) atoms. The van der Waals surface area contributed by atoms with Crippen LogP contribution >= 0.6 is 11.6 Å². The highest BCUT2D eigenvalue weighted by Gasteiger charge is 2.23. The van der Waals surface area contributed by atoms with Gasteiger partial charge in [-0.2, -0.15) is 0 Å². The van der Waals surface area contributed by atoms with Crippen LogP contribution in [0.1, 0.15) is 67.1 Å². The number of Topliss-reactive ketones (excluding diaryl/α,β-unsaturated/α-hetero) is 1. The first-order valence-corrected chi connectivity index (χ1v) is 11.9. The zero-order valence-electron chi connectivity index (χ0n) is 19.2. The van der Waals surface area contributed by atoms with Crippen molar-refractivity contribution in [1.82, 2.24) is 4.57 Å². The van der Waals surface area contributed by atoms with Crippen LogP contribution in [-0.2, 0) is 24.7 Å². The number of nitrogens with zero attached hydrogens (tertiary/aromatic N) is 1. The second-order valence-electron chi connectivity index (χ2n) is 8.91. The summed E-state index contributed by atoms with van der Waals surface area (Å²) in [5, 5.41) is 10.5. The lowest BCUT2D eigenvalue weighted by molar-refractivity contribution is -0.137. The number of halogens is 2. The lowest BCUT2D eigenvalue weighted by atomic mass is 9.94. The van der Waals surface area contributed by atoms with Crippen LogP contribution in [0.4, 0.5) is 4.39 Å². The first kappa shape index (κ1) is 25.0. The van der Waals surface area contributed by atoms with Crippen LogP contribution in [0.15, 0.2) is 42.5 Å². The maximum atomic E-state index is 13.2. The Hall–Kier alpha value is -2.66. The third-order valence-electron chi connectivity index (χ3n) is 6.16. The molecule has 6 heteroatoms. The molecule has 0 spiro atoms. The number of aliphatic carboxylic acids is 1. The van der Waals surface area contributed by atoms with Crippen molar-refractivity contribution >= 4 is 34.3 Å². The lowest BCUT2D eigenvalue weighted by Crippen LogP contribution is -2.12. The quantitative estimate of drug-likeness (QED) is 0.228. The molecule has 0 aliphatic carbocycles. The van der Waals surface area contributed by atoms with Crippen LogP contribution in [0, 0.1) is 11.7 Å². The number of carbonyl (C=O) groups is 2. The topological polar surface area (TPSA) is 59.3 Å². The predicted octanol–water partition coefficient (Wildman–Crippen LogP) is 7.00. The van der Waals surface area contributed by atoms with Crippen LogP contribution in [0.2, 0.25) is 5.02 Å². The number of rotatable bonds is 12. The van der Waals surface area contributed by atoms with Gasteiger partial charge in [-0.15, -0.1) is 0 Å². The van der Waals surface area contributed by atoms with E-state index in [0.717, 1.165) is 60.7 Å². The number of carboxylic acids is 1. The van der Waals surface area contributed by atoms with Gasteiger partial charge in [0.2, 0.25) is 0 Å². The molecule has 0 bridgehead atoms. The highest BCUT2D eigenvalue weighted by atomic mass is 35.5. The Labute approximate surface area is 199 Å². The largest absolute Gasteiger partial charge is 0.481 e. The van der Waals surface area contributed by atoms with Crippen molar-refractivity contribution in [3.05, 3.63) is 70.1 Å². The molecular weight excluding hydrogens is 441 g/mol. The molecule has 3 aromatic rings. The summed E-state index contributed by atoms with van der Waals surface area (Å²) in [6, 6.07) is 12.2. The fraction of sp³-hybridized carbons (Fsp3) is 0.407. The summed E-state index contributed by atoms with van der Waals surface area (Å²) < 4.78 is 15.1. The summed E-state index contributed by atoms with van der Waals surface area (Å²) in [5.41, 5.74) is 3.77. The van der Waals surface area contributed by atoms with Crippen molar-refractivity contribution in [2.45, 2.75) is 58.3 Å². The van der Waals surface area contributed by atoms with Crippen molar-refractivity contribution in [2.75, 3.05) is 0 Å². The van der Waals surface area contributed by atoms with E-state index in [1.807, 2.05) is 37.4 Å². The first-order valence-electron chi connectivity index (χ1n) is 11.5. The molecule has 0 aliphatic rings. The third-order valence-corrected chi connectivity index (χ3v) is 6.40. The summed E-state index contributed by atoms with van der Waals surface area (Å²) >= 11 is 6.23. The average Bonchev–Trinajstić information content (AvgIpc) is 3.02. The van der Waals surface area contributed by atoms with Gasteiger partial charge in [0, 0.05) is 47.1 Å². The van der Waals surface area contributed by atoms with E-state index in [1.54, 1.807) is 6.92 Å². The number of fused-ring (bicyclic) bond motifs is 1. The Morgan fingerprint density at radius 1 is 1.00 bits per heavy atom. The predicted molar refractivity (Wildman–Crippen MR) is 131 cm³/mol. The van der Waals surface area contributed by atoms with E-state index >= 15 is 0 Å². The van der Waals surface area contributed by atoms with Gasteiger partial charge in [0.25, 0.3) is 0 Å². The van der Waals surface area contributed by atoms with E-state index in [2.05, 4.69) is 4.57 Å². The zero-order chi connectivity index (χ0) is 24.0. The van der Waals surface area contributed by atoms with Gasteiger partial charge in [0.05, 0.1) is 0 Å². The number of hydrogen-bond acceptors (Lipinski definition) is 2. The number of aromatic nitrogens is 1. The summed E-state index contributed by atoms with van der Waals surface area (Å²) in [5.74, 6) is -1.36. The molecule has 0 radical (unpaired) electrons. The number of unbranched alkanes of at least 4 members (excludes halogenated alkanes) is 3. The van der Waals surface area contributed by atoms with Crippen molar-refractivity contribution in [3.63, 3.8) is 0 Å². The molecule has 1 N–H and O–H groups in total. The Morgan fingerprint density at radius 3 is 2.33 bits per heavy atom. The van der Waals surface area contributed by atoms with E-state index in [9.17, 15) is 14.0 Å².